The summed E-state index contributed by atoms with van der Waals surface area (Å²) in [6, 6.07) is 15.8. The number of fused-ring (bicyclic) bond motifs is 6. The number of ketones is 1. The number of anilines is 1. The number of carbonyl (C=O) groups excluding carboxylic acids is 1. The number of aromatic nitrogens is 1. The Balaban J connectivity index is 1.06. The molecule has 0 aliphatic heterocycles. The highest BCUT2D eigenvalue weighted by molar-refractivity contribution is 6.08. The molecule has 1 aromatic heterocycles. The van der Waals surface area contributed by atoms with Crippen LogP contribution in [0.25, 0.3) is 10.9 Å². The minimum atomic E-state index is -1.17. The molecule has 4 aliphatic rings. The van der Waals surface area contributed by atoms with Crippen LogP contribution in [0.4, 0.5) is 5.69 Å². The van der Waals surface area contributed by atoms with Crippen LogP contribution in [0.3, 0.4) is 0 Å². The number of aliphatic carboxylic acids is 1. The number of hydrogen-bond acceptors (Lipinski definition) is 7. The molecule has 53 heavy (non-hydrogen) atoms. The van der Waals surface area contributed by atoms with Crippen molar-refractivity contribution in [1.29, 1.82) is 0 Å². The van der Waals surface area contributed by atoms with Gasteiger partial charge in [0.25, 0.3) is 0 Å². The third-order valence-corrected chi connectivity index (χ3v) is 14.7. The molecule has 11 atom stereocenters. The molecule has 4 saturated carbocycles. The van der Waals surface area contributed by atoms with Crippen LogP contribution >= 0.6 is 0 Å². The van der Waals surface area contributed by atoms with Crippen LogP contribution in [-0.2, 0) is 11.3 Å². The first-order chi connectivity index (χ1) is 25.1. The number of nitrogens with zero attached hydrogens (tertiary/aromatic N) is 1. The highest BCUT2D eigenvalue weighted by atomic mass is 16.4. The number of pyridine rings is 1. The molecule has 0 spiro atoms. The van der Waals surface area contributed by atoms with Gasteiger partial charge in [-0.05, 0) is 135 Å². The molecule has 4 fully saturated rings. The molecule has 8 nitrogen and oxygen atoms in total. The Kier molecular flexibility index (Phi) is 10.0. The number of carboxylic acid groups (broad SMARTS) is 1. The highest BCUT2D eigenvalue weighted by Crippen LogP contribution is 2.69. The number of aryl methyl sites for hydroxylation is 1. The monoisotopic (exact) mass is 720 g/mol. The molecule has 5 unspecified atom stereocenters. The van der Waals surface area contributed by atoms with Crippen LogP contribution in [-0.4, -0.2) is 55.0 Å². The number of rotatable bonds is 8. The lowest BCUT2D eigenvalue weighted by molar-refractivity contribution is -0.211. The summed E-state index contributed by atoms with van der Waals surface area (Å²) in [4.78, 5) is 28.6. The Bertz CT molecular complexity index is 1970. The van der Waals surface area contributed by atoms with Gasteiger partial charge >= 0.3 is 5.97 Å². The maximum atomic E-state index is 12.6. The quantitative estimate of drug-likeness (QED) is 0.119. The van der Waals surface area contributed by atoms with E-state index in [-0.39, 0.29) is 58.5 Å². The molecule has 5 N–H and O–H groups in total. The average molecular weight is 721 g/mol. The zero-order valence-electron chi connectivity index (χ0n) is 31.9. The standard InChI is InChI=1S/C45H56N2O6/c1-26(13-16-39(51)52)33-14-15-34-41-35(23-38(50)44(33,34)5)43(4)19-20-45(53,24-31(43)22-37(41)49)18-17-29-9-8-10-30(21-29)25-46-42-32-11-6-7-12-36(32)47-27(2)40(42)28(3)48/h6-12,21,26,31,33-35,37-38,41,49-50,53H,13-16,19-20,22-25H2,1-5H3,(H,46,47)(H,51,52)/t26-,31?,33-,34?,35?,37?,38+,41?,43+,44-,45-/m1/s1. The van der Waals surface area contributed by atoms with Gasteiger partial charge in [-0.3, -0.25) is 14.6 Å². The number of hydrogen-bond donors (Lipinski definition) is 5. The van der Waals surface area contributed by atoms with Gasteiger partial charge in [-0.1, -0.05) is 62.9 Å². The SMILES string of the molecule is CC(=O)c1c(C)nc2ccccc2c1NCc1cccc(C#C[C@@]2(O)CC[C@@]3(C)C(CC(O)C4C3C[C@H](O)[C@@]3(C)C4CC[C@@H]3[C@H](C)CCC(=O)O)C2)c1. The summed E-state index contributed by atoms with van der Waals surface area (Å²) < 4.78 is 0. The topological polar surface area (TPSA) is 140 Å². The van der Waals surface area contributed by atoms with Crippen LogP contribution in [0, 0.1) is 65.1 Å². The summed E-state index contributed by atoms with van der Waals surface area (Å²) >= 11 is 0. The van der Waals surface area contributed by atoms with E-state index >= 15 is 0 Å². The predicted molar refractivity (Wildman–Crippen MR) is 206 cm³/mol. The van der Waals surface area contributed by atoms with Crippen molar-refractivity contribution in [3.63, 3.8) is 0 Å². The van der Waals surface area contributed by atoms with Gasteiger partial charge in [0.15, 0.2) is 5.78 Å². The van der Waals surface area contributed by atoms with Crippen LogP contribution < -0.4 is 5.32 Å². The summed E-state index contributed by atoms with van der Waals surface area (Å²) in [6.07, 6.45) is 4.73. The van der Waals surface area contributed by atoms with Crippen molar-refractivity contribution in [2.24, 2.45) is 46.3 Å². The summed E-state index contributed by atoms with van der Waals surface area (Å²) in [5.74, 6) is 6.68. The highest BCUT2D eigenvalue weighted by Gasteiger charge is 2.66. The number of aliphatic hydroxyl groups is 3. The summed E-state index contributed by atoms with van der Waals surface area (Å²) in [7, 11) is 0. The number of benzene rings is 2. The second-order valence-electron chi connectivity index (χ2n) is 17.6. The smallest absolute Gasteiger partial charge is 0.303 e. The van der Waals surface area contributed by atoms with Crippen molar-refractivity contribution < 1.29 is 30.0 Å². The fourth-order valence-electron chi connectivity index (χ4n) is 11.9. The van der Waals surface area contributed by atoms with Gasteiger partial charge in [0, 0.05) is 23.9 Å². The maximum Gasteiger partial charge on any atom is 0.303 e. The van der Waals surface area contributed by atoms with Crippen LogP contribution in [0.15, 0.2) is 48.5 Å². The Morgan fingerprint density at radius 3 is 2.57 bits per heavy atom. The van der Waals surface area contributed by atoms with E-state index in [1.807, 2.05) is 55.5 Å². The van der Waals surface area contributed by atoms with Crippen molar-refractivity contribution in [1.82, 2.24) is 4.98 Å². The van der Waals surface area contributed by atoms with Crippen molar-refractivity contribution in [2.75, 3.05) is 5.32 Å². The minimum Gasteiger partial charge on any atom is -0.481 e. The van der Waals surface area contributed by atoms with Crippen molar-refractivity contribution in [3.05, 3.63) is 70.9 Å². The van der Waals surface area contributed by atoms with Gasteiger partial charge in [-0.2, -0.15) is 0 Å². The van der Waals surface area contributed by atoms with Crippen LogP contribution in [0.5, 0.6) is 0 Å². The second kappa shape index (κ2) is 14.1. The number of carboxylic acids is 1. The molecule has 0 amide bonds. The van der Waals surface area contributed by atoms with Gasteiger partial charge in [0.05, 0.1) is 34.7 Å². The van der Waals surface area contributed by atoms with E-state index in [0.717, 1.165) is 47.0 Å². The van der Waals surface area contributed by atoms with Gasteiger partial charge in [-0.25, -0.2) is 0 Å². The lowest BCUT2D eigenvalue weighted by Crippen LogP contribution is -2.63. The molecular weight excluding hydrogens is 665 g/mol. The molecule has 282 valence electrons. The molecule has 0 radical (unpaired) electrons. The summed E-state index contributed by atoms with van der Waals surface area (Å²) in [6.45, 7) is 10.6. The summed E-state index contributed by atoms with van der Waals surface area (Å²) in [5, 5.41) is 49.4. The zero-order valence-corrected chi connectivity index (χ0v) is 31.9. The fraction of sp³-hybridized carbons (Fsp3) is 0.578. The zero-order chi connectivity index (χ0) is 37.9. The second-order valence-corrected chi connectivity index (χ2v) is 17.6. The number of para-hydroxylation sites is 1. The Morgan fingerprint density at radius 1 is 1.04 bits per heavy atom. The molecule has 0 saturated heterocycles. The molecule has 7 rings (SSSR count). The molecule has 1 heterocycles. The minimum absolute atomic E-state index is 0.0365. The van der Waals surface area contributed by atoms with E-state index in [1.54, 1.807) is 6.92 Å². The van der Waals surface area contributed by atoms with Crippen LogP contribution in [0.2, 0.25) is 0 Å². The number of aliphatic hydroxyl groups excluding tert-OH is 2. The number of carbonyl (C=O) groups is 2. The Labute approximate surface area is 313 Å². The first-order valence-electron chi connectivity index (χ1n) is 19.7. The van der Waals surface area contributed by atoms with Gasteiger partial charge in [-0.15, -0.1) is 0 Å². The summed E-state index contributed by atoms with van der Waals surface area (Å²) in [5.41, 5.74) is 3.08. The normalized spacial score (nSPS) is 35.3. The van der Waals surface area contributed by atoms with E-state index in [9.17, 15) is 30.0 Å². The van der Waals surface area contributed by atoms with E-state index in [2.05, 4.69) is 42.9 Å². The third-order valence-electron chi connectivity index (χ3n) is 14.7. The maximum absolute atomic E-state index is 12.6. The Hall–Kier alpha value is -3.77. The van der Waals surface area contributed by atoms with Crippen molar-refractivity contribution >= 4 is 28.3 Å². The largest absolute Gasteiger partial charge is 0.481 e. The molecule has 8 heteroatoms. The van der Waals surface area contributed by atoms with Gasteiger partial charge < -0.3 is 25.7 Å². The molecule has 0 bridgehead atoms. The van der Waals surface area contributed by atoms with E-state index in [0.29, 0.717) is 49.9 Å². The van der Waals surface area contributed by atoms with Gasteiger partial charge in [0.1, 0.15) is 5.60 Å². The first-order valence-corrected chi connectivity index (χ1v) is 19.7. The number of Topliss-reactive ketones (excluding diaryl/α,β-unsaturated/α-hetero) is 1. The number of nitrogens with one attached hydrogen (secondary N) is 1. The molecule has 2 aromatic carbocycles. The van der Waals surface area contributed by atoms with Crippen molar-refractivity contribution in [2.45, 2.75) is 117 Å². The third kappa shape index (κ3) is 6.68. The lowest BCUT2D eigenvalue weighted by atomic mass is 9.42. The van der Waals surface area contributed by atoms with Crippen molar-refractivity contribution in [3.8, 4) is 11.8 Å². The van der Waals surface area contributed by atoms with Gasteiger partial charge in [0.2, 0.25) is 0 Å². The first kappa shape index (κ1) is 37.5. The fourth-order valence-corrected chi connectivity index (χ4v) is 11.9. The van der Waals surface area contributed by atoms with E-state index < -0.39 is 23.8 Å². The van der Waals surface area contributed by atoms with Crippen LogP contribution in [0.1, 0.15) is 113 Å². The lowest BCUT2D eigenvalue weighted by Gasteiger charge is -2.64. The molecule has 4 aliphatic carbocycles. The molecule has 3 aromatic rings. The molecular formula is C45H56N2O6. The van der Waals surface area contributed by atoms with E-state index in [4.69, 9.17) is 0 Å². The Morgan fingerprint density at radius 2 is 1.81 bits per heavy atom. The average Bonchev–Trinajstić information content (AvgIpc) is 3.48. The van der Waals surface area contributed by atoms with E-state index in [1.165, 1.54) is 0 Å². The predicted octanol–water partition coefficient (Wildman–Crippen LogP) is 7.54.